The minimum Gasteiger partial charge on any atom is -0.439 e. The van der Waals surface area contributed by atoms with Crippen LogP contribution < -0.4 is 4.74 Å². The molecule has 1 amide bonds. The fourth-order valence-electron chi connectivity index (χ4n) is 3.25. The van der Waals surface area contributed by atoms with Gasteiger partial charge in [-0.15, -0.1) is 0 Å². The highest BCUT2D eigenvalue weighted by Crippen LogP contribution is 2.28. The molecular formula is C22H27FN4O2. The molecule has 0 aliphatic carbocycles. The Bertz CT molecular complexity index is 860. The van der Waals surface area contributed by atoms with Crippen molar-refractivity contribution in [1.29, 1.82) is 0 Å². The number of halogens is 1. The first-order chi connectivity index (χ1) is 13.9. The van der Waals surface area contributed by atoms with Crippen molar-refractivity contribution in [2.75, 3.05) is 33.7 Å². The van der Waals surface area contributed by atoms with Crippen LogP contribution in [0.1, 0.15) is 30.3 Å². The Labute approximate surface area is 171 Å². The maximum atomic E-state index is 13.1. The van der Waals surface area contributed by atoms with E-state index in [2.05, 4.69) is 9.97 Å². The second-order valence-corrected chi connectivity index (χ2v) is 7.53. The van der Waals surface area contributed by atoms with Gasteiger partial charge in [0.1, 0.15) is 17.4 Å². The number of aryl methyl sites for hydroxylation is 1. The first-order valence-electron chi connectivity index (χ1n) is 9.80. The molecule has 7 heteroatoms. The minimum atomic E-state index is -0.310. The summed E-state index contributed by atoms with van der Waals surface area (Å²) in [6, 6.07) is 7.61. The van der Waals surface area contributed by atoms with Crippen LogP contribution in [-0.4, -0.2) is 59.4 Å². The van der Waals surface area contributed by atoms with Crippen molar-refractivity contribution in [2.24, 2.45) is 0 Å². The Morgan fingerprint density at radius 2 is 1.93 bits per heavy atom. The Kier molecular flexibility index (Phi) is 6.93. The molecule has 0 N–H and O–H groups in total. The van der Waals surface area contributed by atoms with E-state index < -0.39 is 0 Å². The molecule has 0 radical (unpaired) electrons. The van der Waals surface area contributed by atoms with Gasteiger partial charge in [0.05, 0.1) is 0 Å². The lowest BCUT2D eigenvalue weighted by Gasteiger charge is -2.30. The summed E-state index contributed by atoms with van der Waals surface area (Å²) >= 11 is 0. The van der Waals surface area contributed by atoms with Crippen molar-refractivity contribution in [2.45, 2.75) is 25.7 Å². The number of carbonyl (C=O) groups excluding carboxylic acids is 1. The number of hydrogen-bond donors (Lipinski definition) is 0. The Morgan fingerprint density at radius 3 is 2.59 bits per heavy atom. The van der Waals surface area contributed by atoms with Crippen molar-refractivity contribution >= 4 is 5.91 Å². The fourth-order valence-corrected chi connectivity index (χ4v) is 3.25. The number of hydrogen-bond acceptors (Lipinski definition) is 5. The zero-order chi connectivity index (χ0) is 20.8. The van der Waals surface area contributed by atoms with E-state index in [1.165, 1.54) is 12.1 Å². The van der Waals surface area contributed by atoms with Gasteiger partial charge in [-0.2, -0.15) is 4.98 Å². The summed E-state index contributed by atoms with van der Waals surface area (Å²) in [5, 5.41) is 0. The standard InChI is InChI=1S/C22H27FN4O2/c1-16-15-20(29-19-8-6-18(23)7-9-19)25-22(24-16)17-10-13-27(14-11-17)21(28)5-4-12-26(2)3/h4-9,15,17H,10-14H2,1-3H3/b5-4+. The highest BCUT2D eigenvalue weighted by Gasteiger charge is 2.25. The van der Waals surface area contributed by atoms with Crippen LogP contribution in [0.4, 0.5) is 4.39 Å². The van der Waals surface area contributed by atoms with Crippen LogP contribution in [0.25, 0.3) is 0 Å². The van der Waals surface area contributed by atoms with Gasteiger partial charge in [0.2, 0.25) is 11.8 Å². The van der Waals surface area contributed by atoms with Crippen LogP contribution in [0.3, 0.4) is 0 Å². The molecular weight excluding hydrogens is 371 g/mol. The third-order valence-electron chi connectivity index (χ3n) is 4.79. The molecule has 0 atom stereocenters. The molecule has 2 aromatic rings. The van der Waals surface area contributed by atoms with Gasteiger partial charge in [0, 0.05) is 43.4 Å². The molecule has 1 aromatic heterocycles. The van der Waals surface area contributed by atoms with Gasteiger partial charge in [-0.25, -0.2) is 9.37 Å². The summed E-state index contributed by atoms with van der Waals surface area (Å²) in [7, 11) is 3.94. The van der Waals surface area contributed by atoms with Crippen LogP contribution in [-0.2, 0) is 4.79 Å². The SMILES string of the molecule is Cc1cc(Oc2ccc(F)cc2)nc(C2CCN(C(=O)/C=C/CN(C)C)CC2)n1. The van der Waals surface area contributed by atoms with Gasteiger partial charge in [0.25, 0.3) is 0 Å². The predicted molar refractivity (Wildman–Crippen MR) is 109 cm³/mol. The topological polar surface area (TPSA) is 58.6 Å². The van der Waals surface area contributed by atoms with Crippen molar-refractivity contribution in [3.05, 3.63) is 59.8 Å². The number of nitrogens with zero attached hydrogens (tertiary/aromatic N) is 4. The zero-order valence-electron chi connectivity index (χ0n) is 17.1. The van der Waals surface area contributed by atoms with Gasteiger partial charge in [-0.05, 0) is 58.1 Å². The number of ether oxygens (including phenoxy) is 1. The fraction of sp³-hybridized carbons (Fsp3) is 0.409. The predicted octanol–water partition coefficient (Wildman–Crippen LogP) is 3.54. The van der Waals surface area contributed by atoms with Crippen molar-refractivity contribution < 1.29 is 13.9 Å². The molecule has 0 bridgehead atoms. The van der Waals surface area contributed by atoms with E-state index in [0.29, 0.717) is 24.7 Å². The van der Waals surface area contributed by atoms with E-state index in [-0.39, 0.29) is 17.6 Å². The van der Waals surface area contributed by atoms with E-state index in [4.69, 9.17) is 4.74 Å². The molecule has 154 valence electrons. The highest BCUT2D eigenvalue weighted by atomic mass is 19.1. The summed E-state index contributed by atoms with van der Waals surface area (Å²) in [4.78, 5) is 25.3. The molecule has 1 aliphatic heterocycles. The lowest BCUT2D eigenvalue weighted by molar-refractivity contribution is -0.127. The molecule has 1 saturated heterocycles. The number of likely N-dealkylation sites (N-methyl/N-ethyl adjacent to an activating group) is 1. The zero-order valence-corrected chi connectivity index (χ0v) is 17.1. The largest absolute Gasteiger partial charge is 0.439 e. The lowest BCUT2D eigenvalue weighted by Crippen LogP contribution is -2.37. The maximum absolute atomic E-state index is 13.1. The second kappa shape index (κ2) is 9.60. The van der Waals surface area contributed by atoms with Gasteiger partial charge in [-0.1, -0.05) is 6.08 Å². The number of benzene rings is 1. The first-order valence-corrected chi connectivity index (χ1v) is 9.80. The van der Waals surface area contributed by atoms with E-state index in [1.54, 1.807) is 24.3 Å². The van der Waals surface area contributed by atoms with Crippen molar-refractivity contribution in [3.8, 4) is 11.6 Å². The van der Waals surface area contributed by atoms with E-state index in [9.17, 15) is 9.18 Å². The van der Waals surface area contributed by atoms with Crippen LogP contribution in [0.15, 0.2) is 42.5 Å². The van der Waals surface area contributed by atoms with Gasteiger partial charge >= 0.3 is 0 Å². The minimum absolute atomic E-state index is 0.0517. The Hall–Kier alpha value is -2.80. The average Bonchev–Trinajstić information content (AvgIpc) is 2.69. The van der Waals surface area contributed by atoms with Crippen molar-refractivity contribution in [3.63, 3.8) is 0 Å². The molecule has 1 aliphatic rings. The molecule has 3 rings (SSSR count). The average molecular weight is 398 g/mol. The molecule has 0 saturated carbocycles. The summed E-state index contributed by atoms with van der Waals surface area (Å²) in [6.45, 7) is 4.01. The molecule has 1 fully saturated rings. The van der Waals surface area contributed by atoms with Crippen molar-refractivity contribution in [1.82, 2.24) is 19.8 Å². The van der Waals surface area contributed by atoms with Crippen LogP contribution in [0.2, 0.25) is 0 Å². The number of carbonyl (C=O) groups is 1. The van der Waals surface area contributed by atoms with E-state index in [1.807, 2.05) is 36.9 Å². The molecule has 2 heterocycles. The maximum Gasteiger partial charge on any atom is 0.246 e. The Morgan fingerprint density at radius 1 is 1.24 bits per heavy atom. The van der Waals surface area contributed by atoms with Crippen LogP contribution in [0.5, 0.6) is 11.6 Å². The molecule has 29 heavy (non-hydrogen) atoms. The smallest absolute Gasteiger partial charge is 0.246 e. The van der Waals surface area contributed by atoms with E-state index in [0.717, 1.165) is 30.9 Å². The summed E-state index contributed by atoms with van der Waals surface area (Å²) in [6.07, 6.45) is 5.16. The molecule has 0 spiro atoms. The molecule has 6 nitrogen and oxygen atoms in total. The number of piperidine rings is 1. The second-order valence-electron chi connectivity index (χ2n) is 7.53. The molecule has 1 aromatic carbocycles. The van der Waals surface area contributed by atoms with Crippen LogP contribution >= 0.6 is 0 Å². The summed E-state index contributed by atoms with van der Waals surface area (Å²) < 4.78 is 18.8. The summed E-state index contributed by atoms with van der Waals surface area (Å²) in [5.74, 6) is 1.63. The van der Waals surface area contributed by atoms with Crippen LogP contribution in [0, 0.1) is 12.7 Å². The normalized spacial score (nSPS) is 15.3. The van der Waals surface area contributed by atoms with E-state index >= 15 is 0 Å². The highest BCUT2D eigenvalue weighted by molar-refractivity contribution is 5.87. The Balaban J connectivity index is 1.61. The van der Waals surface area contributed by atoms with Gasteiger partial charge in [-0.3, -0.25) is 4.79 Å². The number of rotatable bonds is 6. The number of amides is 1. The number of likely N-dealkylation sites (tertiary alicyclic amines) is 1. The quantitative estimate of drug-likeness (QED) is 0.697. The summed E-state index contributed by atoms with van der Waals surface area (Å²) in [5.41, 5.74) is 0.817. The van der Waals surface area contributed by atoms with Gasteiger partial charge < -0.3 is 14.5 Å². The number of aromatic nitrogens is 2. The lowest BCUT2D eigenvalue weighted by atomic mass is 9.95. The third-order valence-corrected chi connectivity index (χ3v) is 4.79. The first kappa shape index (κ1) is 20.9. The third kappa shape index (κ3) is 6.09. The van der Waals surface area contributed by atoms with Gasteiger partial charge in [0.15, 0.2) is 0 Å². The molecule has 0 unspecified atom stereocenters. The monoisotopic (exact) mass is 398 g/mol.